The third-order valence-electron chi connectivity index (χ3n) is 3.84. The molecule has 4 rings (SSSR count). The molecule has 6 nitrogen and oxygen atoms in total. The summed E-state index contributed by atoms with van der Waals surface area (Å²) in [5.41, 5.74) is 3.45. The number of benzene rings is 2. The van der Waals surface area contributed by atoms with Gasteiger partial charge in [0.1, 0.15) is 0 Å². The van der Waals surface area contributed by atoms with E-state index in [9.17, 15) is 4.79 Å². The van der Waals surface area contributed by atoms with E-state index in [1.54, 1.807) is 10.8 Å². The van der Waals surface area contributed by atoms with E-state index >= 15 is 0 Å². The Kier molecular flexibility index (Phi) is 4.28. The van der Waals surface area contributed by atoms with E-state index in [4.69, 9.17) is 10.3 Å². The van der Waals surface area contributed by atoms with Crippen molar-refractivity contribution in [1.29, 1.82) is 0 Å². The summed E-state index contributed by atoms with van der Waals surface area (Å²) >= 11 is 1.09. The summed E-state index contributed by atoms with van der Waals surface area (Å²) in [7, 11) is 0. The second-order valence-corrected chi connectivity index (χ2v) is 6.58. The lowest BCUT2D eigenvalue weighted by molar-refractivity contribution is -0.115. The molecular weight excluding hydrogens is 348 g/mol. The molecule has 0 radical (unpaired) electrons. The maximum absolute atomic E-state index is 12.1. The normalized spacial score (nSPS) is 17.0. The number of amides is 1. The molecule has 2 N–H and O–H groups in total. The van der Waals surface area contributed by atoms with Gasteiger partial charge in [-0.3, -0.25) is 10.1 Å². The van der Waals surface area contributed by atoms with Crippen molar-refractivity contribution in [3.8, 4) is 16.9 Å². The predicted octanol–water partition coefficient (Wildman–Crippen LogP) is 3.49. The number of oxime groups is 1. The summed E-state index contributed by atoms with van der Waals surface area (Å²) in [6.45, 7) is 0. The number of thioether (sulfide) groups is 1. The number of carbonyl (C=O) groups excluding carboxylic acids is 1. The number of hydrogen-bond donors (Lipinski definition) is 2. The van der Waals surface area contributed by atoms with Gasteiger partial charge in [0.25, 0.3) is 5.91 Å². The van der Waals surface area contributed by atoms with Crippen LogP contribution in [0.5, 0.6) is 0 Å². The molecular formula is C19H14N4O2S. The summed E-state index contributed by atoms with van der Waals surface area (Å²) in [5, 5.41) is 19.3. The van der Waals surface area contributed by atoms with Crippen molar-refractivity contribution in [2.75, 3.05) is 0 Å². The van der Waals surface area contributed by atoms with Gasteiger partial charge in [-0.05, 0) is 30.0 Å². The minimum atomic E-state index is -0.297. The second kappa shape index (κ2) is 6.89. The van der Waals surface area contributed by atoms with Crippen LogP contribution in [0, 0.1) is 0 Å². The van der Waals surface area contributed by atoms with Crippen LogP contribution in [-0.4, -0.2) is 26.1 Å². The van der Waals surface area contributed by atoms with Crippen LogP contribution in [0.1, 0.15) is 5.56 Å². The maximum atomic E-state index is 12.1. The zero-order chi connectivity index (χ0) is 17.9. The Labute approximate surface area is 153 Å². The standard InChI is InChI=1S/C19H14N4O2S/c24-18-16(26-19(20-18)22-25)11-14-12-23(15-9-5-2-6-10-15)21-17(14)13-7-3-1-4-8-13/h1-12,25H,(H,20,22,24)/b16-11+. The Balaban J connectivity index is 1.83. The highest BCUT2D eigenvalue weighted by Crippen LogP contribution is 2.30. The third-order valence-corrected chi connectivity index (χ3v) is 4.74. The van der Waals surface area contributed by atoms with Crippen molar-refractivity contribution >= 4 is 28.9 Å². The highest BCUT2D eigenvalue weighted by molar-refractivity contribution is 8.18. The van der Waals surface area contributed by atoms with E-state index in [1.165, 1.54) is 0 Å². The van der Waals surface area contributed by atoms with Crippen molar-refractivity contribution in [3.63, 3.8) is 0 Å². The number of nitrogens with one attached hydrogen (secondary N) is 1. The summed E-state index contributed by atoms with van der Waals surface area (Å²) in [5.74, 6) is -0.297. The fourth-order valence-electron chi connectivity index (χ4n) is 2.64. The Morgan fingerprint density at radius 1 is 1.08 bits per heavy atom. The molecule has 128 valence electrons. The van der Waals surface area contributed by atoms with Gasteiger partial charge in [0, 0.05) is 17.3 Å². The lowest BCUT2D eigenvalue weighted by atomic mass is 10.1. The molecule has 7 heteroatoms. The fraction of sp³-hybridized carbons (Fsp3) is 0. The van der Waals surface area contributed by atoms with Crippen LogP contribution in [0.15, 0.2) is 76.9 Å². The SMILES string of the molecule is O=C1N/C(=N/O)S/C1=C/c1cn(-c2ccccc2)nc1-c1ccccc1. The number of para-hydroxylation sites is 1. The van der Waals surface area contributed by atoms with Gasteiger partial charge in [-0.15, -0.1) is 0 Å². The van der Waals surface area contributed by atoms with E-state index in [0.29, 0.717) is 4.91 Å². The van der Waals surface area contributed by atoms with Gasteiger partial charge >= 0.3 is 0 Å². The van der Waals surface area contributed by atoms with E-state index < -0.39 is 0 Å². The minimum Gasteiger partial charge on any atom is -0.409 e. The van der Waals surface area contributed by atoms with Crippen LogP contribution < -0.4 is 5.32 Å². The molecule has 2 heterocycles. The fourth-order valence-corrected chi connectivity index (χ4v) is 3.37. The van der Waals surface area contributed by atoms with Gasteiger partial charge in [0.15, 0.2) is 0 Å². The first-order valence-electron chi connectivity index (χ1n) is 7.88. The average Bonchev–Trinajstić information content (AvgIpc) is 3.27. The quantitative estimate of drug-likeness (QED) is 0.425. The molecule has 0 bridgehead atoms. The van der Waals surface area contributed by atoms with Crippen LogP contribution in [0.25, 0.3) is 23.0 Å². The minimum absolute atomic E-state index is 0.165. The Morgan fingerprint density at radius 2 is 1.77 bits per heavy atom. The molecule has 3 aromatic rings. The van der Waals surface area contributed by atoms with E-state index in [0.717, 1.165) is 34.3 Å². The maximum Gasteiger partial charge on any atom is 0.264 e. The molecule has 0 spiro atoms. The van der Waals surface area contributed by atoms with Gasteiger partial charge in [-0.1, -0.05) is 53.7 Å². The monoisotopic (exact) mass is 362 g/mol. The molecule has 1 aromatic heterocycles. The van der Waals surface area contributed by atoms with Crippen molar-refractivity contribution in [2.45, 2.75) is 0 Å². The van der Waals surface area contributed by atoms with Gasteiger partial charge in [0.05, 0.1) is 16.3 Å². The van der Waals surface area contributed by atoms with Gasteiger partial charge in [-0.2, -0.15) is 5.10 Å². The molecule has 0 atom stereocenters. The molecule has 26 heavy (non-hydrogen) atoms. The number of amidine groups is 1. The second-order valence-electron chi connectivity index (χ2n) is 5.55. The predicted molar refractivity (Wildman–Crippen MR) is 102 cm³/mol. The van der Waals surface area contributed by atoms with Crippen LogP contribution in [0.2, 0.25) is 0 Å². The summed E-state index contributed by atoms with van der Waals surface area (Å²) < 4.78 is 1.79. The lowest BCUT2D eigenvalue weighted by Gasteiger charge is -2.00. The van der Waals surface area contributed by atoms with Crippen LogP contribution in [0.4, 0.5) is 0 Å². The van der Waals surface area contributed by atoms with Crippen molar-refractivity contribution in [1.82, 2.24) is 15.1 Å². The number of hydrogen-bond acceptors (Lipinski definition) is 5. The lowest BCUT2D eigenvalue weighted by Crippen LogP contribution is -2.19. The highest BCUT2D eigenvalue weighted by atomic mass is 32.2. The molecule has 1 aliphatic rings. The third kappa shape index (κ3) is 3.12. The number of nitrogens with zero attached hydrogens (tertiary/aromatic N) is 3. The van der Waals surface area contributed by atoms with E-state index in [-0.39, 0.29) is 11.1 Å². The highest BCUT2D eigenvalue weighted by Gasteiger charge is 2.25. The zero-order valence-electron chi connectivity index (χ0n) is 13.5. The van der Waals surface area contributed by atoms with E-state index in [2.05, 4.69) is 10.5 Å². The Hall–Kier alpha value is -3.32. The Morgan fingerprint density at radius 3 is 2.42 bits per heavy atom. The topological polar surface area (TPSA) is 79.5 Å². The summed E-state index contributed by atoms with van der Waals surface area (Å²) in [6, 6.07) is 19.6. The van der Waals surface area contributed by atoms with E-state index in [1.807, 2.05) is 66.9 Å². The molecule has 1 aliphatic heterocycles. The smallest absolute Gasteiger partial charge is 0.264 e. The van der Waals surface area contributed by atoms with Crippen LogP contribution >= 0.6 is 11.8 Å². The first-order chi connectivity index (χ1) is 12.7. The van der Waals surface area contributed by atoms with Crippen LogP contribution in [-0.2, 0) is 4.79 Å². The molecule has 1 saturated heterocycles. The number of aromatic nitrogens is 2. The molecule has 1 amide bonds. The number of carbonyl (C=O) groups is 1. The molecule has 0 aliphatic carbocycles. The van der Waals surface area contributed by atoms with Crippen molar-refractivity contribution in [3.05, 3.63) is 77.3 Å². The largest absolute Gasteiger partial charge is 0.409 e. The first kappa shape index (κ1) is 16.2. The molecule has 1 fully saturated rings. The van der Waals surface area contributed by atoms with Gasteiger partial charge < -0.3 is 5.21 Å². The zero-order valence-corrected chi connectivity index (χ0v) is 14.4. The summed E-state index contributed by atoms with van der Waals surface area (Å²) in [4.78, 5) is 12.5. The average molecular weight is 362 g/mol. The molecule has 0 saturated carbocycles. The van der Waals surface area contributed by atoms with Crippen LogP contribution in [0.3, 0.4) is 0 Å². The van der Waals surface area contributed by atoms with Crippen molar-refractivity contribution in [2.24, 2.45) is 5.16 Å². The first-order valence-corrected chi connectivity index (χ1v) is 8.70. The summed E-state index contributed by atoms with van der Waals surface area (Å²) in [6.07, 6.45) is 3.64. The van der Waals surface area contributed by atoms with Gasteiger partial charge in [-0.25, -0.2) is 4.68 Å². The number of rotatable bonds is 3. The van der Waals surface area contributed by atoms with Gasteiger partial charge in [0.2, 0.25) is 5.17 Å². The Bertz CT molecular complexity index is 1010. The van der Waals surface area contributed by atoms with Crippen molar-refractivity contribution < 1.29 is 10.0 Å². The molecule has 0 unspecified atom stereocenters. The molecule has 2 aromatic carbocycles.